The summed E-state index contributed by atoms with van der Waals surface area (Å²) in [6.45, 7) is 0. The fourth-order valence-electron chi connectivity index (χ4n) is 0. The van der Waals surface area contributed by atoms with Gasteiger partial charge in [-0.1, -0.05) is 0 Å². The summed E-state index contributed by atoms with van der Waals surface area (Å²) in [5.74, 6) is 0. The zero-order chi connectivity index (χ0) is 0. The van der Waals surface area contributed by atoms with Crippen LogP contribution in [0, 0.1) is 0 Å². The van der Waals surface area contributed by atoms with Crippen LogP contribution in [0.15, 0.2) is 0 Å². The van der Waals surface area contributed by atoms with Crippen LogP contribution in [0.1, 0.15) is 0 Å². The second kappa shape index (κ2) is 15.9. The second-order valence-electron chi connectivity index (χ2n) is 0. The van der Waals surface area contributed by atoms with E-state index in [-0.39, 0.29) is 117 Å². The third-order valence-electron chi connectivity index (χ3n) is 0. The minimum absolute atomic E-state index is 0. The van der Waals surface area contributed by atoms with E-state index in [1.54, 1.807) is 0 Å². The predicted molar refractivity (Wildman–Crippen MR) is 5.75 cm³/mol. The molecule has 0 rings (SSSR count). The molecule has 0 aromatic carbocycles. The van der Waals surface area contributed by atoms with Crippen molar-refractivity contribution in [3.05, 3.63) is 0 Å². The topological polar surface area (TPSA) is 0 Å². The van der Waals surface area contributed by atoms with Crippen molar-refractivity contribution in [1.29, 1.82) is 0 Å². The summed E-state index contributed by atoms with van der Waals surface area (Å²) < 4.78 is 0. The molecule has 0 amide bonds. The molecule has 0 heterocycles. The van der Waals surface area contributed by atoms with Gasteiger partial charge in [-0.25, -0.2) is 0 Å². The second-order valence-corrected chi connectivity index (χ2v) is 0. The monoisotopic (exact) mass is 397 g/mol. The van der Waals surface area contributed by atoms with E-state index >= 15 is 0 Å². The molecule has 4 heteroatoms. The van der Waals surface area contributed by atoms with Crippen molar-refractivity contribution in [2.75, 3.05) is 0 Å². The molecule has 0 saturated heterocycles. The maximum Gasteiger partial charge on any atom is 0 e. The molecule has 19 valence electrons. The third kappa shape index (κ3) is 9.23. The maximum atomic E-state index is 0. The first kappa shape index (κ1) is 25.1. The summed E-state index contributed by atoms with van der Waals surface area (Å²) in [5.41, 5.74) is 0. The Hall–Kier alpha value is 3.75. The Kier molecular flexibility index (Phi) is 99.6. The van der Waals surface area contributed by atoms with Crippen molar-refractivity contribution in [3.63, 3.8) is 0 Å². The van der Waals surface area contributed by atoms with E-state index in [4.69, 9.17) is 0 Å². The van der Waals surface area contributed by atoms with Crippen molar-refractivity contribution in [3.8, 4) is 0 Å². The van der Waals surface area contributed by atoms with Gasteiger partial charge in [0.2, 0.25) is 0 Å². The van der Waals surface area contributed by atoms with E-state index in [0.29, 0.717) is 0 Å². The fraction of sp³-hybridized carbons (Fsp3) is 0. The molecule has 0 aliphatic rings. The number of hydrogen-bond donors (Lipinski definition) is 0. The van der Waals surface area contributed by atoms with Crippen LogP contribution in [-0.4, -0.2) is 51.4 Å². The van der Waals surface area contributed by atoms with Gasteiger partial charge in [0.15, 0.2) is 0 Å². The fourth-order valence-corrected chi connectivity index (χ4v) is 0. The molecule has 0 N–H and O–H groups in total. The third-order valence-corrected chi connectivity index (χ3v) is 0. The molecule has 0 aliphatic heterocycles. The zero-order valence-electron chi connectivity index (χ0n) is 2.43. The molecule has 4 heavy (non-hydrogen) atoms. The average molecular weight is 394 g/mol. The maximum absolute atomic E-state index is 0. The zero-order valence-corrected chi connectivity index (χ0v) is 14.0. The first-order valence-electron chi connectivity index (χ1n) is 0. The molecule has 0 fully saturated rings. The van der Waals surface area contributed by atoms with Gasteiger partial charge in [-0.15, -0.1) is 0 Å². The summed E-state index contributed by atoms with van der Waals surface area (Å²) >= 11 is 0. The minimum Gasteiger partial charge on any atom is 0 e. The predicted octanol–water partition coefficient (Wildman–Crippen LogP) is -0.388. The van der Waals surface area contributed by atoms with Crippen molar-refractivity contribution in [2.45, 2.75) is 0 Å². The van der Waals surface area contributed by atoms with Crippen molar-refractivity contribution >= 4 is 51.4 Å². The van der Waals surface area contributed by atoms with E-state index in [1.807, 2.05) is 0 Å². The van der Waals surface area contributed by atoms with Crippen LogP contribution in [0.5, 0.6) is 0 Å². The minimum atomic E-state index is 0. The van der Waals surface area contributed by atoms with E-state index in [9.17, 15) is 0 Å². The van der Waals surface area contributed by atoms with E-state index in [0.717, 1.165) is 0 Å². The molecular weight excluding hydrogens is 394 g/mol. The van der Waals surface area contributed by atoms with Crippen LogP contribution in [0.4, 0.5) is 0 Å². The molecule has 0 aromatic heterocycles. The van der Waals surface area contributed by atoms with Gasteiger partial charge in [-0.3, -0.25) is 0 Å². The van der Waals surface area contributed by atoms with Crippen LogP contribution >= 0.6 is 0 Å². The summed E-state index contributed by atoms with van der Waals surface area (Å²) in [5, 5.41) is 0. The summed E-state index contributed by atoms with van der Waals surface area (Å²) in [6.07, 6.45) is 0. The Balaban J connectivity index is 0. The largest absolute Gasteiger partial charge is 0 e. The van der Waals surface area contributed by atoms with E-state index in [1.165, 1.54) is 0 Å². The molecular formula is HgKMoNi. The normalized spacial score (nSPS) is 0. The molecule has 0 aromatic rings. The summed E-state index contributed by atoms with van der Waals surface area (Å²) in [4.78, 5) is 0. The molecule has 1 radical (unpaired) electrons. The average Bonchev–Trinajstić information content (AvgIpc) is 0. The van der Waals surface area contributed by atoms with E-state index < -0.39 is 0 Å². The Morgan fingerprint density at radius 1 is 1.00 bits per heavy atom. The molecule has 0 atom stereocenters. The molecule has 0 unspecified atom stereocenters. The summed E-state index contributed by atoms with van der Waals surface area (Å²) in [7, 11) is 0. The first-order valence-corrected chi connectivity index (χ1v) is 0. The van der Waals surface area contributed by atoms with Crippen LogP contribution in [0.3, 0.4) is 0 Å². The molecule has 0 spiro atoms. The number of rotatable bonds is 0. The Bertz CT molecular complexity index is 8.00. The van der Waals surface area contributed by atoms with Gasteiger partial charge in [-0.2, -0.15) is 0 Å². The summed E-state index contributed by atoms with van der Waals surface area (Å²) in [6, 6.07) is 0. The Labute approximate surface area is 113 Å². The smallest absolute Gasteiger partial charge is 0 e. The van der Waals surface area contributed by atoms with Gasteiger partial charge in [-0.05, 0) is 0 Å². The van der Waals surface area contributed by atoms with Crippen LogP contribution < -0.4 is 0 Å². The van der Waals surface area contributed by atoms with Gasteiger partial charge in [0, 0.05) is 117 Å². The SMILES string of the molecule is [Hg].[K].[Mo].[Ni]. The van der Waals surface area contributed by atoms with Crippen LogP contribution in [0.2, 0.25) is 0 Å². The van der Waals surface area contributed by atoms with Crippen molar-refractivity contribution < 1.29 is 65.2 Å². The molecule has 0 aliphatic carbocycles. The van der Waals surface area contributed by atoms with E-state index in [2.05, 4.69) is 0 Å². The van der Waals surface area contributed by atoms with Gasteiger partial charge in [0.05, 0.1) is 0 Å². The van der Waals surface area contributed by atoms with Gasteiger partial charge < -0.3 is 0 Å². The first-order chi connectivity index (χ1) is 0. The number of hydrogen-bond acceptors (Lipinski definition) is 0. The van der Waals surface area contributed by atoms with Crippen molar-refractivity contribution in [2.24, 2.45) is 0 Å². The molecule has 0 nitrogen and oxygen atoms in total. The van der Waals surface area contributed by atoms with Crippen molar-refractivity contribution in [1.82, 2.24) is 0 Å². The van der Waals surface area contributed by atoms with Crippen LogP contribution in [0.25, 0.3) is 0 Å². The van der Waals surface area contributed by atoms with Crippen LogP contribution in [-0.2, 0) is 65.2 Å². The van der Waals surface area contributed by atoms with Gasteiger partial charge in [0.25, 0.3) is 0 Å². The van der Waals surface area contributed by atoms with Gasteiger partial charge in [0.1, 0.15) is 0 Å². The quantitative estimate of drug-likeness (QED) is 0.492. The molecule has 0 saturated carbocycles. The van der Waals surface area contributed by atoms with Gasteiger partial charge >= 0.3 is 0 Å². The Morgan fingerprint density at radius 3 is 1.00 bits per heavy atom. The standard InChI is InChI=1S/Hg.K.Mo.Ni. The molecule has 0 bridgehead atoms. The Morgan fingerprint density at radius 2 is 1.00 bits per heavy atom.